The van der Waals surface area contributed by atoms with Crippen LogP contribution in [0.25, 0.3) is 0 Å². The van der Waals surface area contributed by atoms with Crippen molar-refractivity contribution in [2.75, 3.05) is 38.0 Å². The molecule has 3 N–H and O–H groups in total. The Morgan fingerprint density at radius 1 is 0.978 bits per heavy atom. The number of methoxy groups -OCH3 is 2. The van der Waals surface area contributed by atoms with E-state index in [0.29, 0.717) is 30.6 Å². The molecule has 1 aliphatic rings. The van der Waals surface area contributed by atoms with Crippen molar-refractivity contribution in [3.63, 3.8) is 0 Å². The monoisotopic (exact) mass is 622 g/mol. The Labute approximate surface area is 267 Å². The van der Waals surface area contributed by atoms with Gasteiger partial charge in [0.05, 0.1) is 25.4 Å². The Morgan fingerprint density at radius 2 is 1.64 bits per heavy atom. The van der Waals surface area contributed by atoms with Crippen molar-refractivity contribution in [1.29, 1.82) is 0 Å². The van der Waals surface area contributed by atoms with Gasteiger partial charge in [-0.05, 0) is 87.8 Å². The second-order valence-corrected chi connectivity index (χ2v) is 12.8. The maximum absolute atomic E-state index is 13.3. The molecule has 0 fully saturated rings. The summed E-state index contributed by atoms with van der Waals surface area (Å²) in [6.45, 7) is 13.6. The maximum Gasteiger partial charge on any atom is 0.291 e. The number of hydrogen-bond donors (Lipinski definition) is 3. The first-order valence-electron chi connectivity index (χ1n) is 16.0. The minimum atomic E-state index is -0.462. The second-order valence-electron chi connectivity index (χ2n) is 12.8. The first kappa shape index (κ1) is 34.2. The van der Waals surface area contributed by atoms with Gasteiger partial charge < -0.3 is 34.4 Å². The molecule has 0 aliphatic carbocycles. The second kappa shape index (κ2) is 14.6. The third-order valence-electron chi connectivity index (χ3n) is 8.69. The number of benzene rings is 1. The van der Waals surface area contributed by atoms with E-state index < -0.39 is 5.91 Å². The van der Waals surface area contributed by atoms with Crippen LogP contribution >= 0.6 is 0 Å². The van der Waals surface area contributed by atoms with E-state index in [9.17, 15) is 4.79 Å². The molecule has 0 saturated heterocycles. The lowest BCUT2D eigenvalue weighted by molar-refractivity contribution is -0.105. The number of carbonyl (C=O) groups is 1. The molecule has 0 spiro atoms. The number of aromatic nitrogens is 2. The summed E-state index contributed by atoms with van der Waals surface area (Å²) < 4.78 is 23.4. The fourth-order valence-electron chi connectivity index (χ4n) is 6.21. The number of carbonyl (C=O) groups excluding carboxylic acids is 1. The van der Waals surface area contributed by atoms with Gasteiger partial charge in [-0.15, -0.1) is 0 Å². The van der Waals surface area contributed by atoms with Crippen molar-refractivity contribution in [2.24, 2.45) is 5.92 Å². The van der Waals surface area contributed by atoms with Crippen molar-refractivity contribution in [3.8, 4) is 11.8 Å². The zero-order chi connectivity index (χ0) is 32.8. The van der Waals surface area contributed by atoms with Gasteiger partial charge in [-0.1, -0.05) is 44.7 Å². The van der Waals surface area contributed by atoms with Gasteiger partial charge in [-0.3, -0.25) is 4.79 Å². The molecule has 45 heavy (non-hydrogen) atoms. The van der Waals surface area contributed by atoms with E-state index in [2.05, 4.69) is 74.3 Å². The number of rotatable bonds is 16. The van der Waals surface area contributed by atoms with Crippen molar-refractivity contribution < 1.29 is 28.5 Å². The number of ether oxygens (including phenoxy) is 3. The van der Waals surface area contributed by atoms with Gasteiger partial charge in [0.25, 0.3) is 5.91 Å². The molecule has 1 aromatic carbocycles. The molecular weight excluding hydrogens is 572 g/mol. The highest BCUT2D eigenvalue weighted by Gasteiger charge is 2.43. The van der Waals surface area contributed by atoms with Crippen LogP contribution in [-0.4, -0.2) is 48.4 Å². The molecule has 0 saturated carbocycles. The Kier molecular flexibility index (Phi) is 11.1. The van der Waals surface area contributed by atoms with E-state index in [1.807, 2.05) is 6.07 Å². The van der Waals surface area contributed by atoms with E-state index in [1.165, 1.54) is 25.3 Å². The van der Waals surface area contributed by atoms with Gasteiger partial charge >= 0.3 is 0 Å². The van der Waals surface area contributed by atoms with Crippen LogP contribution in [0.15, 0.2) is 28.7 Å². The van der Waals surface area contributed by atoms with Crippen molar-refractivity contribution in [1.82, 2.24) is 9.97 Å². The van der Waals surface area contributed by atoms with Gasteiger partial charge in [-0.2, -0.15) is 9.97 Å². The Balaban J connectivity index is 1.42. The summed E-state index contributed by atoms with van der Waals surface area (Å²) >= 11 is 0. The quantitative estimate of drug-likeness (QED) is 0.143. The number of anilines is 2. The van der Waals surface area contributed by atoms with Gasteiger partial charge in [0, 0.05) is 19.6 Å². The third-order valence-corrected chi connectivity index (χ3v) is 8.69. The minimum absolute atomic E-state index is 0.157. The topological polar surface area (TPSA) is 128 Å². The number of nitrogens with one attached hydrogen (secondary N) is 2. The summed E-state index contributed by atoms with van der Waals surface area (Å²) in [5.41, 5.74) is 4.13. The van der Waals surface area contributed by atoms with E-state index in [-0.39, 0.29) is 41.0 Å². The largest absolute Gasteiger partial charge is 0.479 e. The van der Waals surface area contributed by atoms with Crippen molar-refractivity contribution >= 4 is 17.5 Å². The van der Waals surface area contributed by atoms with Crippen LogP contribution in [-0.2, 0) is 22.4 Å². The van der Waals surface area contributed by atoms with Gasteiger partial charge in [0.2, 0.25) is 17.7 Å². The molecule has 10 heteroatoms. The van der Waals surface area contributed by atoms with Crippen molar-refractivity contribution in [2.45, 2.75) is 97.7 Å². The van der Waals surface area contributed by atoms with Crippen LogP contribution in [0, 0.1) is 12.8 Å². The molecule has 2 aromatic heterocycles. The summed E-state index contributed by atoms with van der Waals surface area (Å²) in [5.74, 6) is 1.67. The van der Waals surface area contributed by atoms with Crippen LogP contribution in [0.3, 0.4) is 0 Å². The van der Waals surface area contributed by atoms with Crippen molar-refractivity contribution in [3.05, 3.63) is 58.0 Å². The first-order chi connectivity index (χ1) is 21.4. The fraction of sp³-hybridized carbons (Fsp3) is 0.571. The summed E-state index contributed by atoms with van der Waals surface area (Å²) in [4.78, 5) is 22.2. The van der Waals surface area contributed by atoms with E-state index in [4.69, 9.17) is 23.7 Å². The highest BCUT2D eigenvalue weighted by atomic mass is 16.5. The van der Waals surface area contributed by atoms with E-state index in [0.717, 1.165) is 49.7 Å². The fourth-order valence-corrected chi connectivity index (χ4v) is 6.21. The number of aliphatic hydroxyl groups excluding tert-OH is 1. The minimum Gasteiger partial charge on any atom is -0.479 e. The summed E-state index contributed by atoms with van der Waals surface area (Å²) in [6.07, 6.45) is 6.75. The molecule has 1 unspecified atom stereocenters. The van der Waals surface area contributed by atoms with Gasteiger partial charge in [-0.25, -0.2) is 0 Å². The van der Waals surface area contributed by atoms with Crippen LogP contribution < -0.4 is 20.1 Å². The zero-order valence-corrected chi connectivity index (χ0v) is 28.1. The van der Waals surface area contributed by atoms with Gasteiger partial charge in [0.1, 0.15) is 5.76 Å². The number of hydrogen-bond acceptors (Lipinski definition) is 9. The maximum atomic E-state index is 13.3. The first-order valence-corrected chi connectivity index (χ1v) is 16.0. The Hall–Kier alpha value is -3.63. The average Bonchev–Trinajstić information content (AvgIpc) is 3.53. The SMILES string of the molecule is CCC(CCCCCO)CCNc1nc(OC)c(NC(=O)c2ccc(Cc3cc4c(cc3C)C(C)(C)OC4(C)C)o2)c(OC)n1. The molecular formula is C35H50N4O6. The lowest BCUT2D eigenvalue weighted by Gasteiger charge is -2.24. The van der Waals surface area contributed by atoms with E-state index >= 15 is 0 Å². The van der Waals surface area contributed by atoms with Crippen LogP contribution in [0.4, 0.5) is 11.6 Å². The highest BCUT2D eigenvalue weighted by molar-refractivity contribution is 6.03. The number of unbranched alkanes of at least 4 members (excludes halogenated alkanes) is 2. The number of aliphatic hydroxyl groups is 1. The van der Waals surface area contributed by atoms with Crippen LogP contribution in [0.5, 0.6) is 11.8 Å². The molecule has 1 amide bonds. The standard InChI is InChI=1S/C35H50N4O6/c1-9-23(13-11-10-12-18-40)16-17-36-33-38-31(42-7)29(32(39-33)43-8)37-30(41)28-15-14-25(44-28)20-24-21-27-26(19-22(24)2)34(3,4)45-35(27,5)6/h14-15,19,21,23,40H,9-13,16-18,20H2,1-8H3,(H,37,41)(H,36,38,39). The number of aryl methyl sites for hydroxylation is 1. The molecule has 3 aromatic rings. The molecule has 246 valence electrons. The number of furan rings is 1. The third kappa shape index (κ3) is 8.16. The molecule has 0 radical (unpaired) electrons. The summed E-state index contributed by atoms with van der Waals surface area (Å²) in [7, 11) is 2.97. The number of amides is 1. The lowest BCUT2D eigenvalue weighted by Crippen LogP contribution is -2.22. The summed E-state index contributed by atoms with van der Waals surface area (Å²) in [6, 6.07) is 7.89. The smallest absolute Gasteiger partial charge is 0.291 e. The Bertz CT molecular complexity index is 1440. The normalized spacial score (nSPS) is 15.4. The molecule has 10 nitrogen and oxygen atoms in total. The predicted octanol–water partition coefficient (Wildman–Crippen LogP) is 7.12. The molecule has 4 rings (SSSR count). The average molecular weight is 623 g/mol. The molecule has 0 bridgehead atoms. The molecule has 3 heterocycles. The lowest BCUT2D eigenvalue weighted by atomic mass is 9.86. The highest BCUT2D eigenvalue weighted by Crippen LogP contribution is 2.47. The number of nitrogens with zero attached hydrogens (tertiary/aromatic N) is 2. The van der Waals surface area contributed by atoms with Crippen LogP contribution in [0.1, 0.15) is 112 Å². The summed E-state index contributed by atoms with van der Waals surface area (Å²) in [5, 5.41) is 15.1. The van der Waals surface area contributed by atoms with Crippen LogP contribution in [0.2, 0.25) is 0 Å². The molecule has 1 atom stereocenters. The number of fused-ring (bicyclic) bond motifs is 1. The zero-order valence-electron chi connectivity index (χ0n) is 28.1. The molecule has 1 aliphatic heterocycles. The Morgan fingerprint density at radius 3 is 2.27 bits per heavy atom. The predicted molar refractivity (Wildman–Crippen MR) is 175 cm³/mol. The van der Waals surface area contributed by atoms with Gasteiger partial charge in [0.15, 0.2) is 11.4 Å². The van der Waals surface area contributed by atoms with E-state index in [1.54, 1.807) is 6.07 Å².